The Balaban J connectivity index is 2.94. The number of aromatic nitrogens is 1. The fourth-order valence-electron chi connectivity index (χ4n) is 0.600. The molecule has 0 aliphatic rings. The summed E-state index contributed by atoms with van der Waals surface area (Å²) in [5.41, 5.74) is 0. The molecule has 1 rings (SSSR count). The summed E-state index contributed by atoms with van der Waals surface area (Å²) in [7, 11) is 0. The number of ether oxygens (including phenoxy) is 1. The van der Waals surface area contributed by atoms with Gasteiger partial charge in [0, 0.05) is 6.07 Å². The van der Waals surface area contributed by atoms with Crippen molar-refractivity contribution >= 4 is 11.6 Å². The molecule has 0 bridgehead atoms. The van der Waals surface area contributed by atoms with E-state index in [0.717, 1.165) is 0 Å². The Morgan fingerprint density at radius 1 is 1.38 bits per heavy atom. The van der Waals surface area contributed by atoms with Gasteiger partial charge in [-0.3, -0.25) is 0 Å². The van der Waals surface area contributed by atoms with E-state index < -0.39 is 23.1 Å². The minimum atomic E-state index is -4.90. The maximum atomic E-state index is 12.4. The predicted molar refractivity (Wildman–Crippen MR) is 35.9 cm³/mol. The topological polar surface area (TPSA) is 22.1 Å². The minimum absolute atomic E-state index is 0.503. The molecular formula is C6H2ClF4NO. The molecule has 0 atom stereocenters. The fourth-order valence-corrected chi connectivity index (χ4v) is 0.742. The van der Waals surface area contributed by atoms with Crippen LogP contribution in [0, 0.1) is 5.82 Å². The van der Waals surface area contributed by atoms with Crippen LogP contribution in [0.25, 0.3) is 0 Å². The van der Waals surface area contributed by atoms with Gasteiger partial charge in [-0.1, -0.05) is 11.6 Å². The van der Waals surface area contributed by atoms with Crippen LogP contribution in [0.4, 0.5) is 17.6 Å². The largest absolute Gasteiger partial charge is 0.573 e. The molecule has 0 spiro atoms. The second-order valence-electron chi connectivity index (χ2n) is 1.99. The highest BCUT2D eigenvalue weighted by Crippen LogP contribution is 2.28. The van der Waals surface area contributed by atoms with Crippen LogP contribution in [0.1, 0.15) is 0 Å². The Morgan fingerprint density at radius 2 is 2.00 bits per heavy atom. The lowest BCUT2D eigenvalue weighted by atomic mass is 10.4. The average molecular weight is 216 g/mol. The number of pyridine rings is 1. The molecule has 7 heteroatoms. The lowest BCUT2D eigenvalue weighted by Gasteiger charge is -2.08. The normalized spacial score (nSPS) is 11.5. The van der Waals surface area contributed by atoms with Crippen molar-refractivity contribution in [3.63, 3.8) is 0 Å². The van der Waals surface area contributed by atoms with Crippen molar-refractivity contribution in [3.8, 4) is 5.75 Å². The van der Waals surface area contributed by atoms with Gasteiger partial charge in [-0.15, -0.1) is 13.2 Å². The summed E-state index contributed by atoms with van der Waals surface area (Å²) in [6.45, 7) is 0. The molecule has 0 aliphatic carbocycles. The molecule has 0 fully saturated rings. The first-order chi connectivity index (χ1) is 5.88. The molecule has 0 aromatic carbocycles. The minimum Gasteiger partial charge on any atom is -0.402 e. The standard InChI is InChI=1S/C6H2ClF4NO/c7-5-4(13-6(9,10)11)1-3(8)2-12-5/h1-2H. The summed E-state index contributed by atoms with van der Waals surface area (Å²) in [5.74, 6) is -1.81. The van der Waals surface area contributed by atoms with Gasteiger partial charge in [0.05, 0.1) is 6.20 Å². The van der Waals surface area contributed by atoms with Crippen molar-refractivity contribution in [3.05, 3.63) is 23.2 Å². The average Bonchev–Trinajstić information content (AvgIpc) is 1.94. The number of rotatable bonds is 1. The van der Waals surface area contributed by atoms with E-state index in [-0.39, 0.29) is 0 Å². The molecule has 1 heterocycles. The lowest BCUT2D eigenvalue weighted by molar-refractivity contribution is -0.274. The molecule has 0 amide bonds. The Morgan fingerprint density at radius 3 is 2.54 bits per heavy atom. The van der Waals surface area contributed by atoms with Crippen LogP contribution in [0.15, 0.2) is 12.3 Å². The fraction of sp³-hybridized carbons (Fsp3) is 0.167. The molecule has 0 N–H and O–H groups in total. The first-order valence-electron chi connectivity index (χ1n) is 2.95. The second kappa shape index (κ2) is 3.37. The summed E-state index contributed by atoms with van der Waals surface area (Å²) in [6.07, 6.45) is -4.22. The van der Waals surface area contributed by atoms with Gasteiger partial charge in [-0.05, 0) is 0 Å². The number of alkyl halides is 3. The quantitative estimate of drug-likeness (QED) is 0.531. The summed E-state index contributed by atoms with van der Waals surface area (Å²) >= 11 is 5.20. The van der Waals surface area contributed by atoms with E-state index in [4.69, 9.17) is 11.6 Å². The van der Waals surface area contributed by atoms with E-state index in [0.29, 0.717) is 12.3 Å². The van der Waals surface area contributed by atoms with E-state index in [9.17, 15) is 17.6 Å². The molecule has 72 valence electrons. The van der Waals surface area contributed by atoms with E-state index >= 15 is 0 Å². The van der Waals surface area contributed by atoms with Crippen LogP contribution in [-0.4, -0.2) is 11.3 Å². The highest BCUT2D eigenvalue weighted by molar-refractivity contribution is 6.30. The number of nitrogens with zero attached hydrogens (tertiary/aromatic N) is 1. The zero-order valence-electron chi connectivity index (χ0n) is 5.90. The Kier molecular flexibility index (Phi) is 2.60. The maximum Gasteiger partial charge on any atom is 0.573 e. The van der Waals surface area contributed by atoms with Gasteiger partial charge in [-0.2, -0.15) is 0 Å². The summed E-state index contributed by atoms with van der Waals surface area (Å²) in [6, 6.07) is 0.503. The van der Waals surface area contributed by atoms with E-state index in [1.165, 1.54) is 0 Å². The van der Waals surface area contributed by atoms with Gasteiger partial charge in [0.15, 0.2) is 10.9 Å². The van der Waals surface area contributed by atoms with Gasteiger partial charge in [0.2, 0.25) is 0 Å². The smallest absolute Gasteiger partial charge is 0.402 e. The van der Waals surface area contributed by atoms with Crippen LogP contribution in [-0.2, 0) is 0 Å². The third-order valence-electron chi connectivity index (χ3n) is 0.999. The SMILES string of the molecule is Fc1cnc(Cl)c(OC(F)(F)F)c1. The van der Waals surface area contributed by atoms with Crippen LogP contribution < -0.4 is 4.74 Å². The van der Waals surface area contributed by atoms with Gasteiger partial charge >= 0.3 is 6.36 Å². The Hall–Kier alpha value is -1.04. The summed E-state index contributed by atoms with van der Waals surface area (Å²) < 4.78 is 50.6. The third-order valence-corrected chi connectivity index (χ3v) is 1.28. The van der Waals surface area contributed by atoms with Crippen molar-refractivity contribution in [2.24, 2.45) is 0 Å². The predicted octanol–water partition coefficient (Wildman–Crippen LogP) is 2.77. The van der Waals surface area contributed by atoms with E-state index in [2.05, 4.69) is 9.72 Å². The van der Waals surface area contributed by atoms with Gasteiger partial charge in [-0.25, -0.2) is 9.37 Å². The molecule has 0 saturated heterocycles. The molecule has 0 radical (unpaired) electrons. The van der Waals surface area contributed by atoms with Crippen LogP contribution in [0.3, 0.4) is 0 Å². The van der Waals surface area contributed by atoms with Crippen molar-refractivity contribution < 1.29 is 22.3 Å². The molecule has 2 nitrogen and oxygen atoms in total. The van der Waals surface area contributed by atoms with Gasteiger partial charge < -0.3 is 4.74 Å². The van der Waals surface area contributed by atoms with Crippen molar-refractivity contribution in [1.29, 1.82) is 0 Å². The van der Waals surface area contributed by atoms with Crippen LogP contribution in [0.2, 0.25) is 5.15 Å². The molecule has 0 aliphatic heterocycles. The zero-order chi connectivity index (χ0) is 10.1. The first kappa shape index (κ1) is 10.0. The highest BCUT2D eigenvalue weighted by atomic mass is 35.5. The zero-order valence-corrected chi connectivity index (χ0v) is 6.66. The van der Waals surface area contributed by atoms with Crippen molar-refractivity contribution in [1.82, 2.24) is 4.98 Å². The van der Waals surface area contributed by atoms with E-state index in [1.807, 2.05) is 0 Å². The van der Waals surface area contributed by atoms with Crippen molar-refractivity contribution in [2.45, 2.75) is 6.36 Å². The molecule has 0 unspecified atom stereocenters. The molecule has 1 aromatic rings. The number of hydrogen-bond acceptors (Lipinski definition) is 2. The second-order valence-corrected chi connectivity index (χ2v) is 2.35. The summed E-state index contributed by atoms with van der Waals surface area (Å²) in [5, 5.41) is -0.543. The summed E-state index contributed by atoms with van der Waals surface area (Å²) in [4.78, 5) is 3.13. The Labute approximate surface area is 75.1 Å². The molecular weight excluding hydrogens is 214 g/mol. The number of hydrogen-bond donors (Lipinski definition) is 0. The highest BCUT2D eigenvalue weighted by Gasteiger charge is 2.32. The van der Waals surface area contributed by atoms with E-state index in [1.54, 1.807) is 0 Å². The number of halogens is 5. The first-order valence-corrected chi connectivity index (χ1v) is 3.33. The van der Waals surface area contributed by atoms with Gasteiger partial charge in [0.25, 0.3) is 0 Å². The molecule has 1 aromatic heterocycles. The maximum absolute atomic E-state index is 12.4. The Bertz CT molecular complexity index is 314. The van der Waals surface area contributed by atoms with Crippen LogP contribution >= 0.6 is 11.6 Å². The molecule has 13 heavy (non-hydrogen) atoms. The lowest BCUT2D eigenvalue weighted by Crippen LogP contribution is -2.17. The third kappa shape index (κ3) is 3.06. The molecule has 0 saturated carbocycles. The van der Waals surface area contributed by atoms with Crippen molar-refractivity contribution in [2.75, 3.05) is 0 Å². The van der Waals surface area contributed by atoms with Crippen LogP contribution in [0.5, 0.6) is 5.75 Å². The van der Waals surface area contributed by atoms with Gasteiger partial charge in [0.1, 0.15) is 5.82 Å². The monoisotopic (exact) mass is 215 g/mol.